The van der Waals surface area contributed by atoms with E-state index in [1.165, 1.54) is 37.7 Å². The van der Waals surface area contributed by atoms with E-state index in [1.807, 2.05) is 0 Å². The van der Waals surface area contributed by atoms with Crippen molar-refractivity contribution in [2.45, 2.75) is 65.8 Å². The summed E-state index contributed by atoms with van der Waals surface area (Å²) in [6, 6.07) is 4.69. The molecule has 0 saturated heterocycles. The summed E-state index contributed by atoms with van der Waals surface area (Å²) < 4.78 is 0. The molecule has 0 atom stereocenters. The van der Waals surface area contributed by atoms with E-state index in [0.29, 0.717) is 6.04 Å². The van der Waals surface area contributed by atoms with E-state index in [9.17, 15) is 4.79 Å². The van der Waals surface area contributed by atoms with Crippen LogP contribution in [0.15, 0.2) is 12.1 Å². The topological polar surface area (TPSA) is 20.3 Å². The summed E-state index contributed by atoms with van der Waals surface area (Å²) in [6.45, 7) is 9.12. The van der Waals surface area contributed by atoms with Crippen molar-refractivity contribution in [3.63, 3.8) is 0 Å². The van der Waals surface area contributed by atoms with Crippen molar-refractivity contribution in [1.29, 1.82) is 0 Å². The summed E-state index contributed by atoms with van der Waals surface area (Å²) >= 11 is 0. The molecule has 1 aliphatic carbocycles. The molecule has 1 fully saturated rings. The zero-order valence-corrected chi connectivity index (χ0v) is 13.3. The van der Waals surface area contributed by atoms with E-state index >= 15 is 0 Å². The molecular weight excluding hydrogens is 246 g/mol. The molecule has 1 aromatic carbocycles. The second-order valence-corrected chi connectivity index (χ2v) is 6.16. The zero-order chi connectivity index (χ0) is 14.7. The van der Waals surface area contributed by atoms with E-state index in [2.05, 4.69) is 44.7 Å². The maximum Gasteiger partial charge on any atom is 0.254 e. The number of benzene rings is 1. The van der Waals surface area contributed by atoms with Gasteiger partial charge in [-0.2, -0.15) is 0 Å². The molecular formula is C18H27NO. The monoisotopic (exact) mass is 273 g/mol. The van der Waals surface area contributed by atoms with Crippen molar-refractivity contribution in [3.05, 3.63) is 34.4 Å². The van der Waals surface area contributed by atoms with Crippen LogP contribution >= 0.6 is 0 Å². The number of carbonyl (C=O) groups excluding carboxylic acids is 1. The lowest BCUT2D eigenvalue weighted by molar-refractivity contribution is 0.0646. The molecule has 1 amide bonds. The molecule has 0 heterocycles. The minimum atomic E-state index is 0.231. The van der Waals surface area contributed by atoms with Gasteiger partial charge in [-0.1, -0.05) is 37.0 Å². The van der Waals surface area contributed by atoms with Gasteiger partial charge in [-0.3, -0.25) is 4.79 Å². The van der Waals surface area contributed by atoms with Crippen LogP contribution in [0.2, 0.25) is 0 Å². The summed E-state index contributed by atoms with van der Waals surface area (Å²) in [6.07, 6.45) is 6.19. The van der Waals surface area contributed by atoms with Crippen molar-refractivity contribution in [1.82, 2.24) is 4.90 Å². The molecule has 2 rings (SSSR count). The van der Waals surface area contributed by atoms with E-state index in [4.69, 9.17) is 0 Å². The molecule has 0 aliphatic heterocycles. The van der Waals surface area contributed by atoms with Gasteiger partial charge in [0, 0.05) is 18.2 Å². The SMILES string of the molecule is CCN(C(=O)c1c(C)cc(C)cc1C)C1CCCCC1. The Bertz CT molecular complexity index is 463. The Morgan fingerprint density at radius 1 is 1.10 bits per heavy atom. The maximum atomic E-state index is 13.0. The van der Waals surface area contributed by atoms with Gasteiger partial charge in [0.1, 0.15) is 0 Å². The Hall–Kier alpha value is -1.31. The minimum Gasteiger partial charge on any atom is -0.336 e. The fourth-order valence-corrected chi connectivity index (χ4v) is 3.62. The number of rotatable bonds is 3. The van der Waals surface area contributed by atoms with Gasteiger partial charge in [-0.25, -0.2) is 0 Å². The van der Waals surface area contributed by atoms with Crippen molar-refractivity contribution in [2.75, 3.05) is 6.54 Å². The summed E-state index contributed by atoms with van der Waals surface area (Å²) in [5.41, 5.74) is 4.38. The maximum absolute atomic E-state index is 13.0. The number of carbonyl (C=O) groups is 1. The van der Waals surface area contributed by atoms with Crippen LogP contribution in [0.5, 0.6) is 0 Å². The van der Waals surface area contributed by atoms with Gasteiger partial charge in [0.25, 0.3) is 5.91 Å². The first-order chi connectivity index (χ1) is 9.54. The fourth-order valence-electron chi connectivity index (χ4n) is 3.62. The number of nitrogens with zero attached hydrogens (tertiary/aromatic N) is 1. The normalized spacial score (nSPS) is 16.2. The molecule has 0 N–H and O–H groups in total. The highest BCUT2D eigenvalue weighted by Crippen LogP contribution is 2.26. The van der Waals surface area contributed by atoms with Crippen LogP contribution < -0.4 is 0 Å². The van der Waals surface area contributed by atoms with Crippen molar-refractivity contribution < 1.29 is 4.79 Å². The molecule has 1 aliphatic rings. The number of hydrogen-bond acceptors (Lipinski definition) is 1. The Labute approximate surface area is 123 Å². The molecule has 1 saturated carbocycles. The number of aryl methyl sites for hydroxylation is 3. The summed E-state index contributed by atoms with van der Waals surface area (Å²) in [4.78, 5) is 15.1. The molecule has 110 valence electrons. The standard InChI is InChI=1S/C18H27NO/c1-5-19(16-9-7-6-8-10-16)18(20)17-14(3)11-13(2)12-15(17)4/h11-12,16H,5-10H2,1-4H3. The van der Waals surface area contributed by atoms with E-state index in [0.717, 1.165) is 23.2 Å². The molecule has 0 spiro atoms. The predicted molar refractivity (Wildman–Crippen MR) is 84.2 cm³/mol. The third-order valence-electron chi connectivity index (χ3n) is 4.51. The van der Waals surface area contributed by atoms with Crippen LogP contribution in [0.25, 0.3) is 0 Å². The molecule has 2 nitrogen and oxygen atoms in total. The Kier molecular flexibility index (Phi) is 4.85. The van der Waals surface area contributed by atoms with Gasteiger partial charge in [-0.15, -0.1) is 0 Å². The van der Waals surface area contributed by atoms with Gasteiger partial charge in [0.2, 0.25) is 0 Å². The minimum absolute atomic E-state index is 0.231. The van der Waals surface area contributed by atoms with Gasteiger partial charge in [0.05, 0.1) is 0 Å². The lowest BCUT2D eigenvalue weighted by Crippen LogP contribution is -2.41. The first-order valence-corrected chi connectivity index (χ1v) is 7.93. The highest BCUT2D eigenvalue weighted by Gasteiger charge is 2.26. The highest BCUT2D eigenvalue weighted by atomic mass is 16.2. The number of hydrogen-bond donors (Lipinski definition) is 0. The average Bonchev–Trinajstić information content (AvgIpc) is 2.39. The Balaban J connectivity index is 2.28. The van der Waals surface area contributed by atoms with Crippen molar-refractivity contribution >= 4 is 5.91 Å². The molecule has 20 heavy (non-hydrogen) atoms. The third-order valence-corrected chi connectivity index (χ3v) is 4.51. The lowest BCUT2D eigenvalue weighted by atomic mass is 9.92. The zero-order valence-electron chi connectivity index (χ0n) is 13.3. The second-order valence-electron chi connectivity index (χ2n) is 6.16. The summed E-state index contributed by atoms with van der Waals surface area (Å²) in [5.74, 6) is 0.231. The molecule has 2 heteroatoms. The molecule has 0 bridgehead atoms. The van der Waals surface area contributed by atoms with Crippen LogP contribution in [0, 0.1) is 20.8 Å². The molecule has 0 radical (unpaired) electrons. The average molecular weight is 273 g/mol. The fraction of sp³-hybridized carbons (Fsp3) is 0.611. The van der Waals surface area contributed by atoms with Crippen molar-refractivity contribution in [3.8, 4) is 0 Å². The first-order valence-electron chi connectivity index (χ1n) is 7.93. The van der Waals surface area contributed by atoms with Gasteiger partial charge in [-0.05, 0) is 51.7 Å². The van der Waals surface area contributed by atoms with Crippen LogP contribution in [0.3, 0.4) is 0 Å². The predicted octanol–water partition coefficient (Wildman–Crippen LogP) is 4.41. The van der Waals surface area contributed by atoms with Gasteiger partial charge >= 0.3 is 0 Å². The third kappa shape index (κ3) is 3.05. The highest BCUT2D eigenvalue weighted by molar-refractivity contribution is 5.97. The van der Waals surface area contributed by atoms with Crippen molar-refractivity contribution in [2.24, 2.45) is 0 Å². The van der Waals surface area contributed by atoms with Crippen LogP contribution in [0.1, 0.15) is 66.1 Å². The Morgan fingerprint density at radius 3 is 2.15 bits per heavy atom. The van der Waals surface area contributed by atoms with E-state index < -0.39 is 0 Å². The van der Waals surface area contributed by atoms with Gasteiger partial charge in [0.15, 0.2) is 0 Å². The lowest BCUT2D eigenvalue weighted by Gasteiger charge is -2.34. The van der Waals surface area contributed by atoms with Crippen LogP contribution in [-0.2, 0) is 0 Å². The second kappa shape index (κ2) is 6.43. The smallest absolute Gasteiger partial charge is 0.254 e. The molecule has 0 unspecified atom stereocenters. The molecule has 0 aromatic heterocycles. The largest absolute Gasteiger partial charge is 0.336 e. The summed E-state index contributed by atoms with van der Waals surface area (Å²) in [5, 5.41) is 0. The summed E-state index contributed by atoms with van der Waals surface area (Å²) in [7, 11) is 0. The quantitative estimate of drug-likeness (QED) is 0.799. The number of amides is 1. The first kappa shape index (κ1) is 15.1. The van der Waals surface area contributed by atoms with E-state index in [-0.39, 0.29) is 5.91 Å². The van der Waals surface area contributed by atoms with Crippen LogP contribution in [-0.4, -0.2) is 23.4 Å². The Morgan fingerprint density at radius 2 is 1.65 bits per heavy atom. The molecule has 1 aromatic rings. The van der Waals surface area contributed by atoms with E-state index in [1.54, 1.807) is 0 Å². The van der Waals surface area contributed by atoms with Gasteiger partial charge < -0.3 is 4.90 Å². The van der Waals surface area contributed by atoms with Crippen LogP contribution in [0.4, 0.5) is 0 Å².